The fourth-order valence-electron chi connectivity index (χ4n) is 2.02. The van der Waals surface area contributed by atoms with Gasteiger partial charge in [0.2, 0.25) is 0 Å². The van der Waals surface area contributed by atoms with E-state index >= 15 is 0 Å². The van der Waals surface area contributed by atoms with Gasteiger partial charge in [-0.2, -0.15) is 0 Å². The number of primary amides is 1. The predicted octanol–water partition coefficient (Wildman–Crippen LogP) is 0.854. The maximum atomic E-state index is 11.1. The summed E-state index contributed by atoms with van der Waals surface area (Å²) in [5.41, 5.74) is 8.06. The van der Waals surface area contributed by atoms with Crippen molar-refractivity contribution in [1.82, 2.24) is 4.90 Å². The molecule has 0 unspecified atom stereocenters. The fourth-order valence-corrected chi connectivity index (χ4v) is 2.02. The minimum absolute atomic E-state index is 0.350. The van der Waals surface area contributed by atoms with Crippen LogP contribution < -0.4 is 5.73 Å². The molecule has 16 heavy (non-hydrogen) atoms. The minimum Gasteiger partial charge on any atom is -0.364 e. The third-order valence-corrected chi connectivity index (χ3v) is 2.82. The van der Waals surface area contributed by atoms with Crippen molar-refractivity contribution in [3.8, 4) is 0 Å². The van der Waals surface area contributed by atoms with Crippen molar-refractivity contribution in [1.29, 1.82) is 0 Å². The van der Waals surface area contributed by atoms with Crippen LogP contribution in [-0.2, 0) is 4.79 Å². The zero-order valence-electron chi connectivity index (χ0n) is 8.68. The number of carbonyl (C=O) groups excluding carboxylic acids is 1. The van der Waals surface area contributed by atoms with Gasteiger partial charge in [-0.3, -0.25) is 4.79 Å². The van der Waals surface area contributed by atoms with Crippen molar-refractivity contribution >= 4 is 11.7 Å². The molecular weight excluding hydrogens is 202 g/mol. The first-order valence-electron chi connectivity index (χ1n) is 5.17. The predicted molar refractivity (Wildman–Crippen MR) is 61.3 cm³/mol. The molecule has 4 heteroatoms. The summed E-state index contributed by atoms with van der Waals surface area (Å²) in [7, 11) is 0. The SMILES string of the molecule is NC(=O)C1=CCN2C=C3C=CC(=CC2=N1)C3. The van der Waals surface area contributed by atoms with Crippen molar-refractivity contribution < 1.29 is 4.79 Å². The molecular formula is C12H11N3O. The Morgan fingerprint density at radius 3 is 3.00 bits per heavy atom. The number of aliphatic imine (C=N–C) groups is 1. The molecule has 80 valence electrons. The maximum absolute atomic E-state index is 11.1. The molecule has 2 bridgehead atoms. The topological polar surface area (TPSA) is 58.7 Å². The summed E-state index contributed by atoms with van der Waals surface area (Å²) in [4.78, 5) is 17.3. The molecule has 0 saturated carbocycles. The fraction of sp³-hybridized carbons (Fsp3) is 0.167. The van der Waals surface area contributed by atoms with Crippen LogP contribution in [0.15, 0.2) is 52.3 Å². The number of hydrogen-bond donors (Lipinski definition) is 1. The van der Waals surface area contributed by atoms with E-state index in [0.29, 0.717) is 12.2 Å². The molecule has 0 fully saturated rings. The Balaban J connectivity index is 2.04. The summed E-state index contributed by atoms with van der Waals surface area (Å²) in [6.45, 7) is 0.651. The number of carbonyl (C=O) groups is 1. The van der Waals surface area contributed by atoms with E-state index in [0.717, 1.165) is 12.3 Å². The Morgan fingerprint density at radius 1 is 1.38 bits per heavy atom. The lowest BCUT2D eigenvalue weighted by molar-refractivity contribution is -0.114. The molecule has 1 aliphatic carbocycles. The average Bonchev–Trinajstić information content (AvgIpc) is 2.59. The molecule has 2 aliphatic heterocycles. The van der Waals surface area contributed by atoms with Crippen LogP contribution in [0.4, 0.5) is 0 Å². The average molecular weight is 213 g/mol. The molecule has 2 heterocycles. The zero-order valence-corrected chi connectivity index (χ0v) is 8.68. The van der Waals surface area contributed by atoms with E-state index in [1.54, 1.807) is 6.08 Å². The molecule has 0 aromatic heterocycles. The van der Waals surface area contributed by atoms with Crippen molar-refractivity contribution in [2.75, 3.05) is 6.54 Å². The molecule has 4 nitrogen and oxygen atoms in total. The quantitative estimate of drug-likeness (QED) is 0.702. The molecule has 1 amide bonds. The molecule has 2 N–H and O–H groups in total. The van der Waals surface area contributed by atoms with Crippen molar-refractivity contribution in [2.45, 2.75) is 6.42 Å². The van der Waals surface area contributed by atoms with Gasteiger partial charge in [0.1, 0.15) is 11.5 Å². The summed E-state index contributed by atoms with van der Waals surface area (Å²) >= 11 is 0. The Labute approximate surface area is 93.1 Å². The van der Waals surface area contributed by atoms with Crippen LogP contribution in [0.25, 0.3) is 0 Å². The van der Waals surface area contributed by atoms with Gasteiger partial charge in [0.05, 0.1) is 0 Å². The zero-order chi connectivity index (χ0) is 11.1. The van der Waals surface area contributed by atoms with E-state index in [1.807, 2.05) is 11.0 Å². The Hall–Kier alpha value is -2.10. The minimum atomic E-state index is -0.469. The van der Waals surface area contributed by atoms with Gasteiger partial charge in [0, 0.05) is 12.7 Å². The third kappa shape index (κ3) is 1.39. The first-order chi connectivity index (χ1) is 7.72. The Morgan fingerprint density at radius 2 is 2.19 bits per heavy atom. The normalized spacial score (nSPS) is 21.6. The molecule has 3 aliphatic rings. The van der Waals surface area contributed by atoms with Crippen molar-refractivity contribution in [3.63, 3.8) is 0 Å². The number of fused-ring (bicyclic) bond motifs is 3. The van der Waals surface area contributed by atoms with Gasteiger partial charge in [0.15, 0.2) is 0 Å². The van der Waals surface area contributed by atoms with Crippen LogP contribution in [0.1, 0.15) is 6.42 Å². The highest BCUT2D eigenvalue weighted by molar-refractivity contribution is 6.02. The number of hydrogen-bond acceptors (Lipinski definition) is 3. The van der Waals surface area contributed by atoms with Crippen molar-refractivity contribution in [2.24, 2.45) is 10.7 Å². The number of nitrogens with zero attached hydrogens (tertiary/aromatic N) is 2. The molecule has 0 saturated heterocycles. The summed E-state index contributed by atoms with van der Waals surface area (Å²) in [5, 5.41) is 0. The number of amides is 1. The monoisotopic (exact) mass is 213 g/mol. The van der Waals surface area contributed by atoms with Gasteiger partial charge in [-0.05, 0) is 29.7 Å². The van der Waals surface area contributed by atoms with Crippen LogP contribution in [0.2, 0.25) is 0 Å². The van der Waals surface area contributed by atoms with Gasteiger partial charge in [0.25, 0.3) is 5.91 Å². The largest absolute Gasteiger partial charge is 0.364 e. The first-order valence-corrected chi connectivity index (χ1v) is 5.17. The second-order valence-corrected chi connectivity index (χ2v) is 4.01. The number of rotatable bonds is 1. The van der Waals surface area contributed by atoms with E-state index in [-0.39, 0.29) is 0 Å². The third-order valence-electron chi connectivity index (χ3n) is 2.82. The van der Waals surface area contributed by atoms with Crippen LogP contribution >= 0.6 is 0 Å². The van der Waals surface area contributed by atoms with Crippen LogP contribution in [0.3, 0.4) is 0 Å². The van der Waals surface area contributed by atoms with Gasteiger partial charge in [-0.25, -0.2) is 4.99 Å². The summed E-state index contributed by atoms with van der Waals surface area (Å²) in [6.07, 6.45) is 11.0. The number of nitrogens with two attached hydrogens (primary N) is 1. The molecule has 3 rings (SSSR count). The van der Waals surface area contributed by atoms with E-state index < -0.39 is 5.91 Å². The van der Waals surface area contributed by atoms with E-state index in [2.05, 4.69) is 23.3 Å². The lowest BCUT2D eigenvalue weighted by Gasteiger charge is -2.22. The van der Waals surface area contributed by atoms with E-state index in [9.17, 15) is 4.79 Å². The molecule has 0 spiro atoms. The van der Waals surface area contributed by atoms with Crippen LogP contribution in [0.5, 0.6) is 0 Å². The molecule has 0 aromatic carbocycles. The second kappa shape index (κ2) is 3.20. The van der Waals surface area contributed by atoms with Gasteiger partial charge in [-0.1, -0.05) is 12.2 Å². The highest BCUT2D eigenvalue weighted by atomic mass is 16.1. The Kier molecular flexibility index (Phi) is 1.83. The smallest absolute Gasteiger partial charge is 0.267 e. The summed E-state index contributed by atoms with van der Waals surface area (Å²) in [5.74, 6) is 0.328. The lowest BCUT2D eigenvalue weighted by Crippen LogP contribution is -2.30. The van der Waals surface area contributed by atoms with E-state index in [4.69, 9.17) is 5.73 Å². The highest BCUT2D eigenvalue weighted by Gasteiger charge is 2.20. The van der Waals surface area contributed by atoms with Gasteiger partial charge >= 0.3 is 0 Å². The Bertz CT molecular complexity index is 520. The van der Waals surface area contributed by atoms with Crippen molar-refractivity contribution in [3.05, 3.63) is 47.3 Å². The van der Waals surface area contributed by atoms with Crippen LogP contribution in [-0.4, -0.2) is 23.2 Å². The lowest BCUT2D eigenvalue weighted by atomic mass is 10.2. The molecule has 0 atom stereocenters. The summed E-state index contributed by atoms with van der Waals surface area (Å²) < 4.78 is 0. The number of amidine groups is 1. The van der Waals surface area contributed by atoms with Gasteiger partial charge < -0.3 is 10.6 Å². The molecule has 0 radical (unpaired) electrons. The van der Waals surface area contributed by atoms with Crippen LogP contribution in [0, 0.1) is 0 Å². The standard InChI is InChI=1S/C12H11N3O/c13-12(16)10-3-4-15-7-9-2-1-8(5-9)6-11(15)14-10/h1-3,6-7H,4-5H2,(H2,13,16). The maximum Gasteiger partial charge on any atom is 0.267 e. The van der Waals surface area contributed by atoms with Gasteiger partial charge in [-0.15, -0.1) is 0 Å². The van der Waals surface area contributed by atoms with E-state index in [1.165, 1.54) is 11.1 Å². The molecule has 0 aromatic rings. The summed E-state index contributed by atoms with van der Waals surface area (Å²) in [6, 6.07) is 0. The number of allylic oxidation sites excluding steroid dienone is 4. The second-order valence-electron chi connectivity index (χ2n) is 4.01. The highest BCUT2D eigenvalue weighted by Crippen LogP contribution is 2.27. The first kappa shape index (κ1) is 9.15.